The van der Waals surface area contributed by atoms with Crippen LogP contribution in [0.2, 0.25) is 0 Å². The lowest BCUT2D eigenvalue weighted by molar-refractivity contribution is -0.134. The Kier molecular flexibility index (Phi) is 8.95. The lowest BCUT2D eigenvalue weighted by Gasteiger charge is -2.25. The molecule has 0 spiro atoms. The maximum Gasteiger partial charge on any atom is 0.368 e. The fourth-order valence-electron chi connectivity index (χ4n) is 3.07. The van der Waals surface area contributed by atoms with Gasteiger partial charge in [-0.15, -0.1) is 13.2 Å². The van der Waals surface area contributed by atoms with Gasteiger partial charge in [-0.25, -0.2) is 9.10 Å². The van der Waals surface area contributed by atoms with Gasteiger partial charge in [-0.3, -0.25) is 0 Å². The van der Waals surface area contributed by atoms with E-state index in [1.807, 2.05) is 49.5 Å². The predicted molar refractivity (Wildman–Crippen MR) is 122 cm³/mol. The zero-order valence-corrected chi connectivity index (χ0v) is 18.1. The smallest absolute Gasteiger partial charge is 0.368 e. The fraction of sp³-hybridized carbons (Fsp3) is 0.261. The first-order chi connectivity index (χ1) is 14.5. The Balaban J connectivity index is 0.00000155. The Labute approximate surface area is 181 Å². The second-order valence-electron chi connectivity index (χ2n) is 6.50. The average molecular weight is 431 g/mol. The normalized spacial score (nSPS) is 14.2. The zero-order chi connectivity index (χ0) is 22.1. The van der Waals surface area contributed by atoms with Gasteiger partial charge >= 0.3 is 5.97 Å². The summed E-state index contributed by atoms with van der Waals surface area (Å²) in [5.74, 6) is -2.58. The molecule has 0 saturated carbocycles. The average Bonchev–Trinajstić information content (AvgIpc) is 2.91. The fourth-order valence-corrected chi connectivity index (χ4v) is 4.02. The second-order valence-corrected chi connectivity index (χ2v) is 7.75. The monoisotopic (exact) mass is 430 g/mol. The quantitative estimate of drug-likeness (QED) is 0.279. The van der Waals surface area contributed by atoms with Gasteiger partial charge in [0.1, 0.15) is 12.0 Å². The number of fused-ring (bicyclic) bond motifs is 1. The van der Waals surface area contributed by atoms with E-state index < -0.39 is 11.8 Å². The third-order valence-corrected chi connectivity index (χ3v) is 5.43. The number of carboxylic acids is 1. The summed E-state index contributed by atoms with van der Waals surface area (Å²) in [7, 11) is 2.03. The number of hydrogen-bond donors (Lipinski definition) is 1. The Hall–Kier alpha value is -2.77. The first-order valence-electron chi connectivity index (χ1n) is 9.62. The van der Waals surface area contributed by atoms with Crippen molar-refractivity contribution < 1.29 is 19.0 Å². The Morgan fingerprint density at radius 2 is 1.97 bits per heavy atom. The van der Waals surface area contributed by atoms with Gasteiger partial charge in [-0.05, 0) is 43.1 Å². The number of nitrogens with zero attached hydrogens (tertiary/aromatic N) is 2. The number of hydrogen-bond acceptors (Lipinski definition) is 5. The molecule has 0 saturated heterocycles. The summed E-state index contributed by atoms with van der Waals surface area (Å²) in [6.45, 7) is 10.9. The van der Waals surface area contributed by atoms with Gasteiger partial charge < -0.3 is 14.7 Å². The van der Waals surface area contributed by atoms with E-state index in [0.717, 1.165) is 47.8 Å². The van der Waals surface area contributed by atoms with Gasteiger partial charge in [0, 0.05) is 25.2 Å². The van der Waals surface area contributed by atoms with Crippen molar-refractivity contribution in [2.24, 2.45) is 0 Å². The summed E-state index contributed by atoms with van der Waals surface area (Å²) in [6, 6.07) is 13.6. The van der Waals surface area contributed by atoms with Gasteiger partial charge in [0.05, 0.1) is 10.6 Å². The van der Waals surface area contributed by atoms with Crippen molar-refractivity contribution in [1.29, 1.82) is 0 Å². The minimum absolute atomic E-state index is 0.417. The van der Waals surface area contributed by atoms with Gasteiger partial charge in [0.15, 0.2) is 0 Å². The Morgan fingerprint density at radius 1 is 1.27 bits per heavy atom. The summed E-state index contributed by atoms with van der Waals surface area (Å²) in [6.07, 6.45) is 1.67. The summed E-state index contributed by atoms with van der Waals surface area (Å²) in [5.41, 5.74) is 2.81. The molecule has 7 heteroatoms. The summed E-state index contributed by atoms with van der Waals surface area (Å²) >= 11 is 1.60. The molecule has 0 aromatic heterocycles. The molecule has 3 rings (SSSR count). The second kappa shape index (κ2) is 11.4. The van der Waals surface area contributed by atoms with Crippen LogP contribution in [0.4, 0.5) is 10.1 Å². The Bertz CT molecular complexity index is 890. The summed E-state index contributed by atoms with van der Waals surface area (Å²) in [4.78, 5) is 14.1. The minimum Gasteiger partial charge on any atom is -0.476 e. The number of ether oxygens (including phenoxy) is 1. The van der Waals surface area contributed by atoms with Gasteiger partial charge in [-0.2, -0.15) is 4.39 Å². The van der Waals surface area contributed by atoms with E-state index >= 15 is 0 Å². The lowest BCUT2D eigenvalue weighted by atomic mass is 10.0. The number of rotatable bonds is 6. The van der Waals surface area contributed by atoms with Gasteiger partial charge in [-0.1, -0.05) is 37.3 Å². The van der Waals surface area contributed by atoms with Crippen LogP contribution in [0.15, 0.2) is 72.6 Å². The van der Waals surface area contributed by atoms with Crippen molar-refractivity contribution in [2.45, 2.75) is 18.2 Å². The first kappa shape index (κ1) is 23.5. The van der Waals surface area contributed by atoms with Crippen molar-refractivity contribution >= 4 is 23.6 Å². The van der Waals surface area contributed by atoms with E-state index in [1.54, 1.807) is 11.9 Å². The van der Waals surface area contributed by atoms with E-state index in [0.29, 0.717) is 12.0 Å². The van der Waals surface area contributed by atoms with E-state index in [2.05, 4.69) is 29.3 Å². The molecule has 1 heterocycles. The van der Waals surface area contributed by atoms with E-state index in [9.17, 15) is 9.18 Å². The molecule has 5 nitrogen and oxygen atoms in total. The van der Waals surface area contributed by atoms with Crippen molar-refractivity contribution in [3.05, 3.63) is 67.7 Å². The molecule has 0 aliphatic carbocycles. The van der Waals surface area contributed by atoms with Crippen LogP contribution in [0.3, 0.4) is 0 Å². The standard InChI is InChI=1S/C21H23FN2O3S.C2H4/c1-3-9-24-11-10-23(2)28-20-13-19(27-14-17(22)21(25)26)16(12-18(20)24)15-7-5-4-6-8-15;1-2/h4-8,12-14H,3,9-11H2,1-2H3,(H,25,26);1-2H2/b17-14-;. The van der Waals surface area contributed by atoms with Crippen LogP contribution in [-0.4, -0.2) is 42.1 Å². The Morgan fingerprint density at radius 3 is 2.60 bits per heavy atom. The molecule has 1 aliphatic heterocycles. The van der Waals surface area contributed by atoms with Crippen LogP contribution >= 0.6 is 11.9 Å². The molecule has 0 bridgehead atoms. The molecule has 1 N–H and O–H groups in total. The minimum atomic E-state index is -1.65. The molecule has 0 atom stereocenters. The maximum atomic E-state index is 13.5. The molecule has 0 unspecified atom stereocenters. The number of halogens is 1. The molecular formula is C23H27FN2O3S. The molecule has 30 heavy (non-hydrogen) atoms. The third-order valence-electron chi connectivity index (χ3n) is 4.41. The topological polar surface area (TPSA) is 53.0 Å². The van der Waals surface area contributed by atoms with Crippen molar-refractivity contribution in [3.8, 4) is 16.9 Å². The summed E-state index contributed by atoms with van der Waals surface area (Å²) < 4.78 is 21.1. The molecule has 2 aromatic carbocycles. The van der Waals surface area contributed by atoms with E-state index in [4.69, 9.17) is 9.84 Å². The highest BCUT2D eigenvalue weighted by Gasteiger charge is 2.22. The molecular weight excluding hydrogens is 403 g/mol. The number of aliphatic carboxylic acids is 1. The maximum absolute atomic E-state index is 13.5. The third kappa shape index (κ3) is 5.87. The lowest BCUT2D eigenvalue weighted by Crippen LogP contribution is -2.29. The number of benzene rings is 2. The molecule has 0 fully saturated rings. The molecule has 0 radical (unpaired) electrons. The van der Waals surface area contributed by atoms with Gasteiger partial charge in [0.25, 0.3) is 0 Å². The number of anilines is 1. The van der Waals surface area contributed by atoms with E-state index in [-0.39, 0.29) is 0 Å². The van der Waals surface area contributed by atoms with Crippen LogP contribution in [0, 0.1) is 0 Å². The zero-order valence-electron chi connectivity index (χ0n) is 17.3. The van der Waals surface area contributed by atoms with Crippen LogP contribution in [0.5, 0.6) is 5.75 Å². The molecule has 160 valence electrons. The number of carboxylic acid groups (broad SMARTS) is 1. The van der Waals surface area contributed by atoms with Crippen molar-refractivity contribution in [2.75, 3.05) is 31.6 Å². The number of carbonyl (C=O) groups is 1. The van der Waals surface area contributed by atoms with Crippen LogP contribution in [0.1, 0.15) is 13.3 Å². The highest BCUT2D eigenvalue weighted by Crippen LogP contribution is 2.43. The largest absolute Gasteiger partial charge is 0.476 e. The van der Waals surface area contributed by atoms with Gasteiger partial charge in [0.2, 0.25) is 5.83 Å². The SMILES string of the molecule is C=C.CCCN1CCN(C)Sc2cc(O/C=C(\F)C(=O)O)c(-c3ccccc3)cc21. The summed E-state index contributed by atoms with van der Waals surface area (Å²) in [5, 5.41) is 8.76. The number of likely N-dealkylation sites (N-methyl/N-ethyl adjacent to an activating group) is 1. The van der Waals surface area contributed by atoms with Crippen molar-refractivity contribution in [1.82, 2.24) is 4.31 Å². The van der Waals surface area contributed by atoms with Crippen LogP contribution in [-0.2, 0) is 4.79 Å². The molecule has 2 aromatic rings. The molecule has 0 amide bonds. The molecule has 1 aliphatic rings. The highest BCUT2D eigenvalue weighted by atomic mass is 32.2. The van der Waals surface area contributed by atoms with Crippen molar-refractivity contribution in [3.63, 3.8) is 0 Å². The highest BCUT2D eigenvalue weighted by molar-refractivity contribution is 7.97. The first-order valence-corrected chi connectivity index (χ1v) is 10.4. The van der Waals surface area contributed by atoms with Crippen LogP contribution < -0.4 is 9.64 Å². The predicted octanol–water partition coefficient (Wildman–Crippen LogP) is 5.60. The van der Waals surface area contributed by atoms with E-state index in [1.165, 1.54) is 0 Å². The van der Waals surface area contributed by atoms with Crippen LogP contribution in [0.25, 0.3) is 11.1 Å².